The minimum atomic E-state index is -0.402. The molecule has 1 aromatic rings. The summed E-state index contributed by atoms with van der Waals surface area (Å²) in [5.41, 5.74) is 2.23. The van der Waals surface area contributed by atoms with Crippen molar-refractivity contribution < 1.29 is 9.84 Å². The predicted molar refractivity (Wildman–Crippen MR) is 77.2 cm³/mol. The normalized spacial score (nSPS) is 22.4. The molecule has 106 valence electrons. The Morgan fingerprint density at radius 3 is 2.79 bits per heavy atom. The van der Waals surface area contributed by atoms with Gasteiger partial charge in [-0.1, -0.05) is 29.8 Å². The van der Waals surface area contributed by atoms with Gasteiger partial charge in [0.2, 0.25) is 0 Å². The lowest BCUT2D eigenvalue weighted by molar-refractivity contribution is -0.00705. The Morgan fingerprint density at radius 1 is 1.37 bits per heavy atom. The lowest BCUT2D eigenvalue weighted by Crippen LogP contribution is -2.41. The minimum Gasteiger partial charge on any atom is -0.387 e. The fraction of sp³-hybridized carbons (Fsp3) is 0.625. The summed E-state index contributed by atoms with van der Waals surface area (Å²) in [4.78, 5) is 2.31. The minimum absolute atomic E-state index is 0.337. The molecule has 2 unspecified atom stereocenters. The van der Waals surface area contributed by atoms with Gasteiger partial charge in [-0.05, 0) is 38.8 Å². The third-order valence-electron chi connectivity index (χ3n) is 3.76. The van der Waals surface area contributed by atoms with Crippen LogP contribution in [-0.2, 0) is 4.74 Å². The molecule has 0 bridgehead atoms. The molecule has 0 radical (unpaired) electrons. The van der Waals surface area contributed by atoms with Crippen molar-refractivity contribution in [2.45, 2.75) is 38.9 Å². The van der Waals surface area contributed by atoms with Crippen molar-refractivity contribution in [3.05, 3.63) is 35.4 Å². The molecule has 1 N–H and O–H groups in total. The zero-order chi connectivity index (χ0) is 13.7. The van der Waals surface area contributed by atoms with Crippen molar-refractivity contribution in [2.24, 2.45) is 0 Å². The SMILES string of the molecule is CCOC1CCCN(CC(O)c2ccc(C)cc2)C1. The Balaban J connectivity index is 1.87. The number of hydrogen-bond acceptors (Lipinski definition) is 3. The lowest BCUT2D eigenvalue weighted by atomic mass is 10.0. The van der Waals surface area contributed by atoms with Gasteiger partial charge in [0, 0.05) is 19.7 Å². The fourth-order valence-electron chi connectivity index (χ4n) is 2.69. The molecule has 3 heteroatoms. The Labute approximate surface area is 116 Å². The first-order valence-electron chi connectivity index (χ1n) is 7.27. The molecule has 1 aliphatic heterocycles. The van der Waals surface area contributed by atoms with Crippen LogP contribution in [0.25, 0.3) is 0 Å². The van der Waals surface area contributed by atoms with Gasteiger partial charge in [0.15, 0.2) is 0 Å². The Kier molecular flexibility index (Phi) is 5.37. The van der Waals surface area contributed by atoms with Gasteiger partial charge in [-0.15, -0.1) is 0 Å². The van der Waals surface area contributed by atoms with Crippen molar-refractivity contribution in [1.82, 2.24) is 4.90 Å². The molecule has 1 aromatic carbocycles. The smallest absolute Gasteiger partial charge is 0.0916 e. The Morgan fingerprint density at radius 2 is 2.11 bits per heavy atom. The second-order valence-corrected chi connectivity index (χ2v) is 5.41. The molecule has 1 saturated heterocycles. The number of benzene rings is 1. The van der Waals surface area contributed by atoms with Crippen LogP contribution in [0.5, 0.6) is 0 Å². The second-order valence-electron chi connectivity index (χ2n) is 5.41. The van der Waals surface area contributed by atoms with Crippen molar-refractivity contribution in [2.75, 3.05) is 26.2 Å². The van der Waals surface area contributed by atoms with E-state index in [4.69, 9.17) is 4.74 Å². The highest BCUT2D eigenvalue weighted by Gasteiger charge is 2.22. The summed E-state index contributed by atoms with van der Waals surface area (Å²) in [5.74, 6) is 0. The second kappa shape index (κ2) is 7.04. The van der Waals surface area contributed by atoms with E-state index in [9.17, 15) is 5.11 Å². The zero-order valence-electron chi connectivity index (χ0n) is 12.0. The van der Waals surface area contributed by atoms with Gasteiger partial charge in [0.05, 0.1) is 12.2 Å². The number of piperidine rings is 1. The van der Waals surface area contributed by atoms with Crippen molar-refractivity contribution in [1.29, 1.82) is 0 Å². The molecule has 1 aliphatic rings. The van der Waals surface area contributed by atoms with E-state index in [0.717, 1.165) is 38.1 Å². The molecule has 1 fully saturated rings. The van der Waals surface area contributed by atoms with Gasteiger partial charge in [-0.2, -0.15) is 0 Å². The largest absolute Gasteiger partial charge is 0.387 e. The maximum Gasteiger partial charge on any atom is 0.0916 e. The van der Waals surface area contributed by atoms with Gasteiger partial charge in [0.1, 0.15) is 0 Å². The van der Waals surface area contributed by atoms with Gasteiger partial charge in [-0.25, -0.2) is 0 Å². The van der Waals surface area contributed by atoms with Crippen molar-refractivity contribution in [3.63, 3.8) is 0 Å². The maximum absolute atomic E-state index is 10.3. The monoisotopic (exact) mass is 263 g/mol. The topological polar surface area (TPSA) is 32.7 Å². The molecule has 2 rings (SSSR count). The number of rotatable bonds is 5. The van der Waals surface area contributed by atoms with Crippen LogP contribution in [0.3, 0.4) is 0 Å². The predicted octanol–water partition coefficient (Wildman–Crippen LogP) is 2.53. The van der Waals surface area contributed by atoms with E-state index in [2.05, 4.69) is 24.0 Å². The molecule has 0 aromatic heterocycles. The Hall–Kier alpha value is -0.900. The number of β-amino-alcohol motifs (C(OH)–C–C–N with tert-alkyl or cyclic N) is 1. The summed E-state index contributed by atoms with van der Waals surface area (Å²) < 4.78 is 5.69. The first kappa shape index (κ1) is 14.5. The summed E-state index contributed by atoms with van der Waals surface area (Å²) in [5, 5.41) is 10.3. The summed E-state index contributed by atoms with van der Waals surface area (Å²) in [6, 6.07) is 8.14. The van der Waals surface area contributed by atoms with E-state index in [0.29, 0.717) is 12.6 Å². The number of aliphatic hydroxyl groups is 1. The third kappa shape index (κ3) is 4.30. The highest BCUT2D eigenvalue weighted by atomic mass is 16.5. The van der Waals surface area contributed by atoms with Gasteiger partial charge in [-0.3, -0.25) is 4.90 Å². The standard InChI is InChI=1S/C16H25NO2/c1-3-19-15-5-4-10-17(11-15)12-16(18)14-8-6-13(2)7-9-14/h6-9,15-16,18H,3-5,10-12H2,1-2H3. The molecular weight excluding hydrogens is 238 g/mol. The summed E-state index contributed by atoms with van der Waals surface area (Å²) in [7, 11) is 0. The zero-order valence-corrected chi connectivity index (χ0v) is 12.0. The molecule has 0 amide bonds. The molecule has 19 heavy (non-hydrogen) atoms. The highest BCUT2D eigenvalue weighted by molar-refractivity contribution is 5.23. The summed E-state index contributed by atoms with van der Waals surface area (Å²) in [6.07, 6.45) is 2.24. The summed E-state index contributed by atoms with van der Waals surface area (Å²) >= 11 is 0. The molecule has 0 saturated carbocycles. The van der Waals surface area contributed by atoms with Crippen molar-refractivity contribution in [3.8, 4) is 0 Å². The van der Waals surface area contributed by atoms with Crippen LogP contribution >= 0.6 is 0 Å². The van der Waals surface area contributed by atoms with Crippen LogP contribution in [0, 0.1) is 6.92 Å². The number of likely N-dealkylation sites (tertiary alicyclic amines) is 1. The quantitative estimate of drug-likeness (QED) is 0.886. The molecule has 0 spiro atoms. The highest BCUT2D eigenvalue weighted by Crippen LogP contribution is 2.19. The maximum atomic E-state index is 10.3. The van der Waals surface area contributed by atoms with Crippen LogP contribution in [0.15, 0.2) is 24.3 Å². The van der Waals surface area contributed by atoms with E-state index < -0.39 is 6.10 Å². The van der Waals surface area contributed by atoms with E-state index in [1.54, 1.807) is 0 Å². The van der Waals surface area contributed by atoms with Crippen LogP contribution in [0.1, 0.15) is 37.0 Å². The average molecular weight is 263 g/mol. The molecule has 2 atom stereocenters. The number of ether oxygens (including phenoxy) is 1. The van der Waals surface area contributed by atoms with Crippen LogP contribution in [0.4, 0.5) is 0 Å². The van der Waals surface area contributed by atoms with Crippen molar-refractivity contribution >= 4 is 0 Å². The van der Waals surface area contributed by atoms with Crippen LogP contribution in [-0.4, -0.2) is 42.4 Å². The Bertz CT molecular complexity index is 375. The van der Waals surface area contributed by atoms with Crippen LogP contribution < -0.4 is 0 Å². The van der Waals surface area contributed by atoms with E-state index in [-0.39, 0.29) is 0 Å². The van der Waals surface area contributed by atoms with Gasteiger partial charge in [0.25, 0.3) is 0 Å². The fourth-order valence-corrected chi connectivity index (χ4v) is 2.69. The lowest BCUT2D eigenvalue weighted by Gasteiger charge is -2.33. The number of nitrogens with zero attached hydrogens (tertiary/aromatic N) is 1. The van der Waals surface area contributed by atoms with E-state index in [1.165, 1.54) is 5.56 Å². The number of aliphatic hydroxyl groups excluding tert-OH is 1. The average Bonchev–Trinajstić information content (AvgIpc) is 2.40. The first-order valence-corrected chi connectivity index (χ1v) is 7.27. The van der Waals surface area contributed by atoms with Gasteiger partial charge >= 0.3 is 0 Å². The molecular formula is C16H25NO2. The summed E-state index contributed by atoms with van der Waals surface area (Å²) in [6.45, 7) is 7.59. The number of hydrogen-bond donors (Lipinski definition) is 1. The number of aryl methyl sites for hydroxylation is 1. The molecule has 3 nitrogen and oxygen atoms in total. The molecule has 1 heterocycles. The third-order valence-corrected chi connectivity index (χ3v) is 3.76. The van der Waals surface area contributed by atoms with Crippen LogP contribution in [0.2, 0.25) is 0 Å². The van der Waals surface area contributed by atoms with E-state index >= 15 is 0 Å². The van der Waals surface area contributed by atoms with Gasteiger partial charge < -0.3 is 9.84 Å². The first-order chi connectivity index (χ1) is 9.19. The molecule has 0 aliphatic carbocycles. The van der Waals surface area contributed by atoms with E-state index in [1.807, 2.05) is 19.1 Å².